The molecule has 1 N–H and O–H groups in total. The lowest BCUT2D eigenvalue weighted by Crippen LogP contribution is -2.22. The summed E-state index contributed by atoms with van der Waals surface area (Å²) in [5, 5.41) is 3.69. The van der Waals surface area contributed by atoms with Gasteiger partial charge in [-0.1, -0.05) is 19.3 Å². The monoisotopic (exact) mass is 179 g/mol. The molecule has 0 aromatic rings. The summed E-state index contributed by atoms with van der Waals surface area (Å²) in [5.74, 6) is 1.06. The third kappa shape index (κ3) is 1.63. The topological polar surface area (TPSA) is 12.0 Å². The highest BCUT2D eigenvalue weighted by atomic mass is 15.0. The van der Waals surface area contributed by atoms with Crippen LogP contribution in [0.3, 0.4) is 0 Å². The second kappa shape index (κ2) is 2.98. The summed E-state index contributed by atoms with van der Waals surface area (Å²) in [6.45, 7) is 1.34. The molecule has 1 atom stereocenters. The summed E-state index contributed by atoms with van der Waals surface area (Å²) >= 11 is 0. The van der Waals surface area contributed by atoms with Crippen LogP contribution >= 0.6 is 0 Å². The van der Waals surface area contributed by atoms with Crippen molar-refractivity contribution in [1.29, 1.82) is 0 Å². The highest BCUT2D eigenvalue weighted by Crippen LogP contribution is 2.61. The zero-order chi connectivity index (χ0) is 8.73. The maximum absolute atomic E-state index is 3.69. The molecule has 0 amide bonds. The van der Waals surface area contributed by atoms with Gasteiger partial charge in [0.2, 0.25) is 0 Å². The number of hydrogen-bond donors (Lipinski definition) is 1. The van der Waals surface area contributed by atoms with Crippen molar-refractivity contribution < 1.29 is 0 Å². The average Bonchev–Trinajstić information content (AvgIpc) is 3.02. The van der Waals surface area contributed by atoms with E-state index in [2.05, 4.69) is 5.32 Å². The fourth-order valence-electron chi connectivity index (χ4n) is 3.19. The van der Waals surface area contributed by atoms with E-state index < -0.39 is 0 Å². The predicted molar refractivity (Wildman–Crippen MR) is 54.6 cm³/mol. The molecule has 1 heteroatoms. The number of rotatable bonds is 3. The van der Waals surface area contributed by atoms with Crippen molar-refractivity contribution >= 4 is 0 Å². The second-order valence-electron chi connectivity index (χ2n) is 5.51. The fourth-order valence-corrected chi connectivity index (χ4v) is 3.19. The minimum atomic E-state index is 0.847. The second-order valence-corrected chi connectivity index (χ2v) is 5.51. The van der Waals surface area contributed by atoms with Gasteiger partial charge in [-0.05, 0) is 50.0 Å². The Labute approximate surface area is 81.3 Å². The Morgan fingerprint density at radius 1 is 1.08 bits per heavy atom. The molecule has 0 aliphatic heterocycles. The van der Waals surface area contributed by atoms with Gasteiger partial charge >= 0.3 is 0 Å². The van der Waals surface area contributed by atoms with E-state index in [0.717, 1.165) is 17.4 Å². The maximum atomic E-state index is 3.69. The quantitative estimate of drug-likeness (QED) is 0.702. The van der Waals surface area contributed by atoms with Crippen LogP contribution in [0.25, 0.3) is 0 Å². The van der Waals surface area contributed by atoms with Crippen LogP contribution in [0.1, 0.15) is 51.4 Å². The molecule has 74 valence electrons. The lowest BCUT2D eigenvalue weighted by Gasteiger charge is -2.22. The van der Waals surface area contributed by atoms with Crippen molar-refractivity contribution in [3.05, 3.63) is 0 Å². The zero-order valence-electron chi connectivity index (χ0n) is 8.52. The lowest BCUT2D eigenvalue weighted by molar-refractivity contribution is 0.304. The van der Waals surface area contributed by atoms with Crippen LogP contribution in [0, 0.1) is 11.3 Å². The third-order valence-electron chi connectivity index (χ3n) is 4.44. The molecule has 1 nitrogen and oxygen atoms in total. The van der Waals surface area contributed by atoms with Crippen molar-refractivity contribution in [1.82, 2.24) is 5.32 Å². The summed E-state index contributed by atoms with van der Waals surface area (Å²) in [5.41, 5.74) is 0.847. The van der Waals surface area contributed by atoms with Gasteiger partial charge in [-0.3, -0.25) is 0 Å². The van der Waals surface area contributed by atoms with Crippen LogP contribution in [0.5, 0.6) is 0 Å². The smallest absolute Gasteiger partial charge is 0.00683 e. The molecule has 0 heterocycles. The highest BCUT2D eigenvalue weighted by Gasteiger charge is 2.53. The molecule has 3 aliphatic carbocycles. The van der Waals surface area contributed by atoms with Crippen LogP contribution < -0.4 is 5.32 Å². The average molecular weight is 179 g/mol. The van der Waals surface area contributed by atoms with Crippen LogP contribution in [0.4, 0.5) is 0 Å². The minimum Gasteiger partial charge on any atom is -0.314 e. The Hall–Kier alpha value is -0.0400. The van der Waals surface area contributed by atoms with E-state index in [4.69, 9.17) is 0 Å². The van der Waals surface area contributed by atoms with Gasteiger partial charge in [0.15, 0.2) is 0 Å². The van der Waals surface area contributed by atoms with Crippen LogP contribution in [-0.4, -0.2) is 12.6 Å². The summed E-state index contributed by atoms with van der Waals surface area (Å²) in [7, 11) is 0. The SMILES string of the molecule is C1CCC2(CC1)CC2CNC1CC1. The predicted octanol–water partition coefficient (Wildman–Crippen LogP) is 2.71. The van der Waals surface area contributed by atoms with E-state index in [1.165, 1.54) is 38.6 Å². The first-order valence-electron chi connectivity index (χ1n) is 6.12. The Morgan fingerprint density at radius 2 is 1.85 bits per heavy atom. The van der Waals surface area contributed by atoms with E-state index in [1.54, 1.807) is 19.3 Å². The van der Waals surface area contributed by atoms with E-state index in [1.807, 2.05) is 0 Å². The largest absolute Gasteiger partial charge is 0.314 e. The Balaban J connectivity index is 1.46. The molecule has 3 fully saturated rings. The lowest BCUT2D eigenvalue weighted by atomic mass is 9.84. The Morgan fingerprint density at radius 3 is 2.54 bits per heavy atom. The molecule has 0 aromatic carbocycles. The first kappa shape index (κ1) is 8.28. The van der Waals surface area contributed by atoms with E-state index >= 15 is 0 Å². The standard InChI is InChI=1S/C12H21N/c1-2-6-12(7-3-1)8-10(12)9-13-11-4-5-11/h10-11,13H,1-9H2. The van der Waals surface area contributed by atoms with Crippen molar-refractivity contribution in [3.8, 4) is 0 Å². The van der Waals surface area contributed by atoms with Gasteiger partial charge in [-0.2, -0.15) is 0 Å². The molecule has 0 bridgehead atoms. The molecule has 3 saturated carbocycles. The van der Waals surface area contributed by atoms with E-state index in [-0.39, 0.29) is 0 Å². The number of hydrogen-bond acceptors (Lipinski definition) is 1. The fraction of sp³-hybridized carbons (Fsp3) is 1.00. The van der Waals surface area contributed by atoms with Gasteiger partial charge < -0.3 is 5.32 Å². The maximum Gasteiger partial charge on any atom is 0.00683 e. The van der Waals surface area contributed by atoms with Gasteiger partial charge in [0.1, 0.15) is 0 Å². The molecule has 1 unspecified atom stereocenters. The van der Waals surface area contributed by atoms with Crippen LogP contribution in [-0.2, 0) is 0 Å². The Kier molecular flexibility index (Phi) is 1.90. The van der Waals surface area contributed by atoms with Crippen LogP contribution in [0.15, 0.2) is 0 Å². The first-order valence-corrected chi connectivity index (χ1v) is 6.12. The Bertz CT molecular complexity index is 189. The molecular formula is C12H21N. The third-order valence-corrected chi connectivity index (χ3v) is 4.44. The summed E-state index contributed by atoms with van der Waals surface area (Å²) in [6, 6.07) is 0.918. The minimum absolute atomic E-state index is 0.847. The van der Waals surface area contributed by atoms with Gasteiger partial charge in [0, 0.05) is 6.04 Å². The van der Waals surface area contributed by atoms with E-state index in [0.29, 0.717) is 0 Å². The summed E-state index contributed by atoms with van der Waals surface area (Å²) in [6.07, 6.45) is 12.1. The zero-order valence-corrected chi connectivity index (χ0v) is 8.52. The first-order chi connectivity index (χ1) is 6.39. The molecule has 3 aliphatic rings. The van der Waals surface area contributed by atoms with Crippen LogP contribution in [0.2, 0.25) is 0 Å². The summed E-state index contributed by atoms with van der Waals surface area (Å²) < 4.78 is 0. The number of nitrogens with one attached hydrogen (secondary N) is 1. The van der Waals surface area contributed by atoms with Crippen molar-refractivity contribution in [3.63, 3.8) is 0 Å². The normalized spacial score (nSPS) is 36.5. The van der Waals surface area contributed by atoms with Crippen molar-refractivity contribution in [2.75, 3.05) is 6.54 Å². The molecule has 3 rings (SSSR count). The molecule has 13 heavy (non-hydrogen) atoms. The summed E-state index contributed by atoms with van der Waals surface area (Å²) in [4.78, 5) is 0. The van der Waals surface area contributed by atoms with Gasteiger partial charge in [-0.25, -0.2) is 0 Å². The molecule has 0 saturated heterocycles. The van der Waals surface area contributed by atoms with Gasteiger partial charge in [0.05, 0.1) is 0 Å². The van der Waals surface area contributed by atoms with E-state index in [9.17, 15) is 0 Å². The van der Waals surface area contributed by atoms with Crippen molar-refractivity contribution in [2.24, 2.45) is 11.3 Å². The van der Waals surface area contributed by atoms with Gasteiger partial charge in [0.25, 0.3) is 0 Å². The van der Waals surface area contributed by atoms with Crippen molar-refractivity contribution in [2.45, 2.75) is 57.4 Å². The molecular weight excluding hydrogens is 158 g/mol. The highest BCUT2D eigenvalue weighted by molar-refractivity contribution is 5.04. The molecule has 0 radical (unpaired) electrons. The molecule has 0 aromatic heterocycles. The molecule has 1 spiro atoms. The van der Waals surface area contributed by atoms with Gasteiger partial charge in [-0.15, -0.1) is 0 Å².